The molecule has 1 aromatic rings. The Kier molecular flexibility index (Phi) is 4.76. The zero-order valence-corrected chi connectivity index (χ0v) is 12.2. The van der Waals surface area contributed by atoms with Gasteiger partial charge in [0, 0.05) is 18.2 Å². The van der Waals surface area contributed by atoms with Gasteiger partial charge in [-0.3, -0.25) is 4.79 Å². The van der Waals surface area contributed by atoms with Gasteiger partial charge in [-0.05, 0) is 24.8 Å². The summed E-state index contributed by atoms with van der Waals surface area (Å²) in [7, 11) is 0. The van der Waals surface area contributed by atoms with Gasteiger partial charge >= 0.3 is 0 Å². The van der Waals surface area contributed by atoms with Gasteiger partial charge in [0.1, 0.15) is 5.82 Å². The molecule has 0 radical (unpaired) electrons. The molecule has 0 aliphatic heterocycles. The van der Waals surface area contributed by atoms with Crippen LogP contribution in [0, 0.1) is 11.7 Å². The largest absolute Gasteiger partial charge is 0.334 e. The van der Waals surface area contributed by atoms with Crippen LogP contribution in [0.5, 0.6) is 0 Å². The van der Waals surface area contributed by atoms with E-state index in [0.717, 1.165) is 19.3 Å². The van der Waals surface area contributed by atoms with E-state index < -0.39 is 6.04 Å². The Hall–Kier alpha value is -1.42. The zero-order chi connectivity index (χ0) is 14.7. The first-order chi connectivity index (χ1) is 9.54. The number of nitrogens with zero attached hydrogens (tertiary/aromatic N) is 1. The van der Waals surface area contributed by atoms with E-state index in [1.54, 1.807) is 23.1 Å². The van der Waals surface area contributed by atoms with Crippen molar-refractivity contribution in [2.75, 3.05) is 0 Å². The molecule has 1 fully saturated rings. The van der Waals surface area contributed by atoms with Crippen LogP contribution in [-0.4, -0.2) is 22.9 Å². The molecule has 2 N–H and O–H groups in total. The molecule has 110 valence electrons. The monoisotopic (exact) mass is 278 g/mol. The molecule has 1 amide bonds. The molecule has 1 aliphatic rings. The number of nitrogens with two attached hydrogens (primary N) is 1. The molecule has 3 nitrogen and oxygen atoms in total. The smallest absolute Gasteiger partial charge is 0.240 e. The lowest BCUT2D eigenvalue weighted by Gasteiger charge is -2.28. The van der Waals surface area contributed by atoms with Gasteiger partial charge in [0.2, 0.25) is 5.91 Å². The Bertz CT molecular complexity index is 473. The average Bonchev–Trinajstić information content (AvgIpc) is 3.28. The maximum Gasteiger partial charge on any atom is 0.240 e. The second-order valence-corrected chi connectivity index (χ2v) is 5.70. The van der Waals surface area contributed by atoms with Gasteiger partial charge in [0.15, 0.2) is 0 Å². The molecule has 4 heteroatoms. The van der Waals surface area contributed by atoms with Crippen LogP contribution in [0.2, 0.25) is 0 Å². The summed E-state index contributed by atoms with van der Waals surface area (Å²) >= 11 is 0. The number of rotatable bonds is 6. The number of amides is 1. The van der Waals surface area contributed by atoms with Crippen LogP contribution >= 0.6 is 0 Å². The molecule has 2 rings (SSSR count). The van der Waals surface area contributed by atoms with Gasteiger partial charge in [0.05, 0.1) is 6.04 Å². The summed E-state index contributed by atoms with van der Waals surface area (Å²) in [6, 6.07) is 6.35. The lowest BCUT2D eigenvalue weighted by atomic mass is 9.98. The predicted molar refractivity (Wildman–Crippen MR) is 77.4 cm³/mol. The van der Waals surface area contributed by atoms with Crippen LogP contribution in [0.3, 0.4) is 0 Å². The van der Waals surface area contributed by atoms with Crippen LogP contribution in [0.25, 0.3) is 0 Å². The van der Waals surface area contributed by atoms with Crippen molar-refractivity contribution in [3.63, 3.8) is 0 Å². The Labute approximate surface area is 120 Å². The summed E-state index contributed by atoms with van der Waals surface area (Å²) < 4.78 is 13.8. The SMILES string of the molecule is CCC(C)[C@H](N)C(=O)N(Cc1ccccc1F)C1CC1. The average molecular weight is 278 g/mol. The van der Waals surface area contributed by atoms with Crippen molar-refractivity contribution in [1.82, 2.24) is 4.90 Å². The summed E-state index contributed by atoms with van der Waals surface area (Å²) in [6.07, 6.45) is 2.85. The highest BCUT2D eigenvalue weighted by molar-refractivity contribution is 5.82. The summed E-state index contributed by atoms with van der Waals surface area (Å²) in [5.74, 6) is -0.169. The lowest BCUT2D eigenvalue weighted by Crippen LogP contribution is -2.47. The molecular weight excluding hydrogens is 255 g/mol. The third-order valence-electron chi connectivity index (χ3n) is 4.11. The molecule has 0 bridgehead atoms. The standard InChI is InChI=1S/C16H23FN2O/c1-3-11(2)15(18)16(20)19(13-8-9-13)10-12-6-4-5-7-14(12)17/h4-7,11,13,15H,3,8-10,18H2,1-2H3/t11?,15-/m0/s1. The van der Waals surface area contributed by atoms with E-state index in [-0.39, 0.29) is 23.7 Å². The van der Waals surface area contributed by atoms with E-state index in [2.05, 4.69) is 0 Å². The number of hydrogen-bond donors (Lipinski definition) is 1. The summed E-state index contributed by atoms with van der Waals surface area (Å²) in [4.78, 5) is 14.3. The van der Waals surface area contributed by atoms with Gasteiger partial charge in [0.25, 0.3) is 0 Å². The quantitative estimate of drug-likeness (QED) is 0.869. The van der Waals surface area contributed by atoms with Gasteiger partial charge in [-0.25, -0.2) is 4.39 Å². The van der Waals surface area contributed by atoms with Gasteiger partial charge < -0.3 is 10.6 Å². The second kappa shape index (κ2) is 6.35. The Morgan fingerprint density at radius 3 is 2.65 bits per heavy atom. The predicted octanol–water partition coefficient (Wildman–Crippen LogP) is 2.69. The van der Waals surface area contributed by atoms with E-state index in [9.17, 15) is 9.18 Å². The highest BCUT2D eigenvalue weighted by Gasteiger charge is 2.36. The number of carbonyl (C=O) groups is 1. The molecule has 0 saturated heterocycles. The third kappa shape index (κ3) is 3.37. The zero-order valence-electron chi connectivity index (χ0n) is 12.2. The molecule has 0 heterocycles. The second-order valence-electron chi connectivity index (χ2n) is 5.70. The van der Waals surface area contributed by atoms with Crippen LogP contribution in [0.15, 0.2) is 24.3 Å². The molecule has 1 saturated carbocycles. The van der Waals surface area contributed by atoms with Crippen molar-refractivity contribution >= 4 is 5.91 Å². The lowest BCUT2D eigenvalue weighted by molar-refractivity contribution is -0.135. The van der Waals surface area contributed by atoms with E-state index in [1.165, 1.54) is 6.07 Å². The van der Waals surface area contributed by atoms with E-state index in [1.807, 2.05) is 13.8 Å². The minimum Gasteiger partial charge on any atom is -0.334 e. The van der Waals surface area contributed by atoms with Crippen molar-refractivity contribution in [1.29, 1.82) is 0 Å². The van der Waals surface area contributed by atoms with Gasteiger partial charge in [-0.1, -0.05) is 38.5 Å². The first kappa shape index (κ1) is 15.0. The normalized spacial score (nSPS) is 17.6. The number of carbonyl (C=O) groups excluding carboxylic acids is 1. The fourth-order valence-corrected chi connectivity index (χ4v) is 2.27. The maximum atomic E-state index is 13.8. The molecule has 0 aromatic heterocycles. The van der Waals surface area contributed by atoms with Crippen LogP contribution < -0.4 is 5.73 Å². The van der Waals surface area contributed by atoms with Crippen molar-refractivity contribution in [3.8, 4) is 0 Å². The molecule has 1 unspecified atom stereocenters. The van der Waals surface area contributed by atoms with Crippen LogP contribution in [-0.2, 0) is 11.3 Å². The third-order valence-corrected chi connectivity index (χ3v) is 4.11. The van der Waals surface area contributed by atoms with E-state index in [0.29, 0.717) is 12.1 Å². The number of halogens is 1. The van der Waals surface area contributed by atoms with Crippen molar-refractivity contribution in [2.24, 2.45) is 11.7 Å². The highest BCUT2D eigenvalue weighted by atomic mass is 19.1. The maximum absolute atomic E-state index is 13.8. The number of benzene rings is 1. The molecule has 1 aromatic carbocycles. The molecule has 1 aliphatic carbocycles. The minimum atomic E-state index is -0.493. The van der Waals surface area contributed by atoms with E-state index >= 15 is 0 Å². The van der Waals surface area contributed by atoms with E-state index in [4.69, 9.17) is 5.73 Å². The van der Waals surface area contributed by atoms with Gasteiger partial charge in [-0.2, -0.15) is 0 Å². The fraction of sp³-hybridized carbons (Fsp3) is 0.562. The first-order valence-corrected chi connectivity index (χ1v) is 7.34. The Morgan fingerprint density at radius 1 is 1.45 bits per heavy atom. The molecular formula is C16H23FN2O. The highest BCUT2D eigenvalue weighted by Crippen LogP contribution is 2.30. The van der Waals surface area contributed by atoms with Crippen molar-refractivity contribution in [2.45, 2.75) is 51.7 Å². The molecule has 20 heavy (non-hydrogen) atoms. The summed E-state index contributed by atoms with van der Waals surface area (Å²) in [5.41, 5.74) is 6.60. The van der Waals surface area contributed by atoms with Crippen molar-refractivity contribution < 1.29 is 9.18 Å². The Morgan fingerprint density at radius 2 is 2.10 bits per heavy atom. The Balaban J connectivity index is 2.12. The fourth-order valence-electron chi connectivity index (χ4n) is 2.27. The van der Waals surface area contributed by atoms with Crippen LogP contribution in [0.1, 0.15) is 38.7 Å². The summed E-state index contributed by atoms with van der Waals surface area (Å²) in [5, 5.41) is 0. The van der Waals surface area contributed by atoms with Crippen LogP contribution in [0.4, 0.5) is 4.39 Å². The topological polar surface area (TPSA) is 46.3 Å². The molecule has 2 atom stereocenters. The van der Waals surface area contributed by atoms with Gasteiger partial charge in [-0.15, -0.1) is 0 Å². The summed E-state index contributed by atoms with van der Waals surface area (Å²) in [6.45, 7) is 4.33. The molecule has 0 spiro atoms. The first-order valence-electron chi connectivity index (χ1n) is 7.34. The minimum absolute atomic E-state index is 0.0508. The number of hydrogen-bond acceptors (Lipinski definition) is 2. The van der Waals surface area contributed by atoms with Crippen molar-refractivity contribution in [3.05, 3.63) is 35.6 Å².